The molecule has 0 radical (unpaired) electrons. The van der Waals surface area contributed by atoms with Gasteiger partial charge < -0.3 is 14.5 Å². The van der Waals surface area contributed by atoms with Crippen molar-refractivity contribution in [2.24, 2.45) is 0 Å². The van der Waals surface area contributed by atoms with Crippen molar-refractivity contribution >= 4 is 23.0 Å². The summed E-state index contributed by atoms with van der Waals surface area (Å²) in [5, 5.41) is 0. The average molecular weight is 382 g/mol. The normalized spacial score (nSPS) is 19.9. The van der Waals surface area contributed by atoms with Crippen LogP contribution < -0.4 is 0 Å². The van der Waals surface area contributed by atoms with Crippen molar-refractivity contribution in [2.75, 3.05) is 19.6 Å². The maximum Gasteiger partial charge on any atom is 0.410 e. The number of carbonyl (C=O) groups is 2. The van der Waals surface area contributed by atoms with E-state index in [0.717, 1.165) is 12.8 Å². The Kier molecular flexibility index (Phi) is 4.91. The molecule has 28 heavy (non-hydrogen) atoms. The van der Waals surface area contributed by atoms with Gasteiger partial charge in [0.2, 0.25) is 0 Å². The average Bonchev–Trinajstić information content (AvgIpc) is 3.03. The van der Waals surface area contributed by atoms with Gasteiger partial charge >= 0.3 is 6.09 Å². The fraction of sp³-hybridized carbons (Fsp3) is 0.524. The summed E-state index contributed by atoms with van der Waals surface area (Å²) >= 11 is 0. The van der Waals surface area contributed by atoms with Gasteiger partial charge in [-0.25, -0.2) is 4.79 Å². The molecule has 2 amide bonds. The van der Waals surface area contributed by atoms with Gasteiger partial charge in [0.05, 0.1) is 17.6 Å². The van der Waals surface area contributed by atoms with Gasteiger partial charge in [-0.15, -0.1) is 0 Å². The third-order valence-corrected chi connectivity index (χ3v) is 5.93. The predicted molar refractivity (Wildman–Crippen MR) is 105 cm³/mol. The molecule has 2 fully saturated rings. The van der Waals surface area contributed by atoms with Gasteiger partial charge in [-0.1, -0.05) is 19.4 Å². The van der Waals surface area contributed by atoms with Gasteiger partial charge in [0.25, 0.3) is 5.91 Å². The molecule has 1 atom stereocenters. The number of ether oxygens (including phenoxy) is 1. The molecule has 1 aromatic carbocycles. The summed E-state index contributed by atoms with van der Waals surface area (Å²) in [5.41, 5.74) is 1.45. The Morgan fingerprint density at radius 2 is 2.00 bits per heavy atom. The van der Waals surface area contributed by atoms with Gasteiger partial charge in [0.15, 0.2) is 0 Å². The first-order valence-corrected chi connectivity index (χ1v) is 10.0. The van der Waals surface area contributed by atoms with E-state index in [4.69, 9.17) is 4.74 Å². The second-order valence-corrected chi connectivity index (χ2v) is 7.84. The van der Waals surface area contributed by atoms with Crippen LogP contribution in [-0.2, 0) is 4.74 Å². The standard InChI is InChI=1S/C21H26N4O3/c1-3-5-15(2)25-14-21(28-20(25)27)8-12-24(13-9-21)19(26)16-6-4-7-17-18(16)23-11-10-22-17/h4,6-7,10-11,15H,3,5,8-9,12-14H2,1-2H3. The van der Waals surface area contributed by atoms with Crippen LogP contribution in [0.3, 0.4) is 0 Å². The van der Waals surface area contributed by atoms with E-state index < -0.39 is 5.60 Å². The number of hydrogen-bond acceptors (Lipinski definition) is 5. The zero-order chi connectivity index (χ0) is 19.7. The molecule has 2 saturated heterocycles. The minimum atomic E-state index is -0.464. The molecule has 0 aliphatic carbocycles. The summed E-state index contributed by atoms with van der Waals surface area (Å²) in [5.74, 6) is -0.0403. The molecular formula is C21H26N4O3. The van der Waals surface area contributed by atoms with Crippen LogP contribution in [0.15, 0.2) is 30.6 Å². The molecule has 2 aliphatic rings. The molecule has 0 bridgehead atoms. The first-order valence-electron chi connectivity index (χ1n) is 10.0. The third-order valence-electron chi connectivity index (χ3n) is 5.93. The number of likely N-dealkylation sites (tertiary alicyclic amines) is 1. The maximum atomic E-state index is 13.1. The van der Waals surface area contributed by atoms with Crippen molar-refractivity contribution in [1.29, 1.82) is 0 Å². The summed E-state index contributed by atoms with van der Waals surface area (Å²) in [7, 11) is 0. The van der Waals surface area contributed by atoms with Crippen LogP contribution in [0.1, 0.15) is 49.9 Å². The molecule has 0 N–H and O–H groups in total. The maximum absolute atomic E-state index is 13.1. The number of aromatic nitrogens is 2. The van der Waals surface area contributed by atoms with Crippen LogP contribution >= 0.6 is 0 Å². The van der Waals surface area contributed by atoms with Crippen molar-refractivity contribution in [3.8, 4) is 0 Å². The highest BCUT2D eigenvalue weighted by Gasteiger charge is 2.48. The van der Waals surface area contributed by atoms with Crippen molar-refractivity contribution in [3.63, 3.8) is 0 Å². The molecule has 7 nitrogen and oxygen atoms in total. The molecule has 2 aromatic rings. The minimum absolute atomic E-state index is 0.0403. The van der Waals surface area contributed by atoms with Crippen molar-refractivity contribution in [3.05, 3.63) is 36.2 Å². The number of piperidine rings is 1. The summed E-state index contributed by atoms with van der Waals surface area (Å²) in [6.07, 6.45) is 6.35. The Bertz CT molecular complexity index is 887. The lowest BCUT2D eigenvalue weighted by Gasteiger charge is -2.37. The summed E-state index contributed by atoms with van der Waals surface area (Å²) < 4.78 is 5.80. The van der Waals surface area contributed by atoms with Gasteiger partial charge in [-0.05, 0) is 25.5 Å². The van der Waals surface area contributed by atoms with Crippen molar-refractivity contribution in [2.45, 2.75) is 51.2 Å². The van der Waals surface area contributed by atoms with Crippen LogP contribution in [0.2, 0.25) is 0 Å². The molecule has 3 heterocycles. The lowest BCUT2D eigenvalue weighted by molar-refractivity contribution is 0.00312. The highest BCUT2D eigenvalue weighted by Crippen LogP contribution is 2.35. The Hall–Kier alpha value is -2.70. The molecule has 7 heteroatoms. The van der Waals surface area contributed by atoms with E-state index in [1.54, 1.807) is 18.5 Å². The third kappa shape index (κ3) is 3.30. The Morgan fingerprint density at radius 3 is 2.75 bits per heavy atom. The first-order chi connectivity index (χ1) is 13.5. The van der Waals surface area contributed by atoms with E-state index in [1.807, 2.05) is 21.9 Å². The zero-order valence-corrected chi connectivity index (χ0v) is 16.4. The Morgan fingerprint density at radius 1 is 1.25 bits per heavy atom. The van der Waals surface area contributed by atoms with E-state index in [2.05, 4.69) is 23.8 Å². The quantitative estimate of drug-likeness (QED) is 0.811. The van der Waals surface area contributed by atoms with Gasteiger partial charge in [0, 0.05) is 44.4 Å². The second kappa shape index (κ2) is 7.37. The summed E-state index contributed by atoms with van der Waals surface area (Å²) in [6.45, 7) is 5.95. The molecule has 148 valence electrons. The molecule has 4 rings (SSSR count). The van der Waals surface area contributed by atoms with Crippen LogP contribution in [0, 0.1) is 0 Å². The van der Waals surface area contributed by atoms with Crippen LogP contribution in [0.5, 0.6) is 0 Å². The molecule has 2 aliphatic heterocycles. The van der Waals surface area contributed by atoms with Crippen LogP contribution in [0.4, 0.5) is 4.79 Å². The SMILES string of the molecule is CCCC(C)N1CC2(CCN(C(=O)c3cccc4nccnc34)CC2)OC1=O. The van der Waals surface area contributed by atoms with Crippen molar-refractivity contribution < 1.29 is 14.3 Å². The summed E-state index contributed by atoms with van der Waals surface area (Å²) in [6, 6.07) is 5.68. The number of hydrogen-bond donors (Lipinski definition) is 0. The van der Waals surface area contributed by atoms with Crippen LogP contribution in [-0.4, -0.2) is 63.0 Å². The Labute approximate surface area is 164 Å². The smallest absolute Gasteiger partial charge is 0.410 e. The monoisotopic (exact) mass is 382 g/mol. The molecule has 0 saturated carbocycles. The fourth-order valence-electron chi connectivity index (χ4n) is 4.27. The molecule has 1 unspecified atom stereocenters. The predicted octanol–water partition coefficient (Wildman–Crippen LogP) is 3.25. The lowest BCUT2D eigenvalue weighted by atomic mass is 9.90. The first kappa shape index (κ1) is 18.7. The van der Waals surface area contributed by atoms with E-state index >= 15 is 0 Å². The van der Waals surface area contributed by atoms with Crippen molar-refractivity contribution in [1.82, 2.24) is 19.8 Å². The number of carbonyl (C=O) groups excluding carboxylic acids is 2. The number of nitrogens with zero attached hydrogens (tertiary/aromatic N) is 4. The minimum Gasteiger partial charge on any atom is -0.441 e. The Balaban J connectivity index is 1.46. The molecule has 1 aromatic heterocycles. The molecule has 1 spiro atoms. The number of rotatable bonds is 4. The molecular weight excluding hydrogens is 356 g/mol. The summed E-state index contributed by atoms with van der Waals surface area (Å²) in [4.78, 5) is 37.7. The lowest BCUT2D eigenvalue weighted by Crippen LogP contribution is -2.49. The van der Waals surface area contributed by atoms with Crippen LogP contribution in [0.25, 0.3) is 11.0 Å². The zero-order valence-electron chi connectivity index (χ0n) is 16.4. The van der Waals surface area contributed by atoms with Gasteiger partial charge in [-0.2, -0.15) is 0 Å². The number of para-hydroxylation sites is 1. The topological polar surface area (TPSA) is 75.6 Å². The number of amides is 2. The largest absolute Gasteiger partial charge is 0.441 e. The number of fused-ring (bicyclic) bond motifs is 1. The van der Waals surface area contributed by atoms with E-state index in [0.29, 0.717) is 49.1 Å². The van der Waals surface area contributed by atoms with Gasteiger partial charge in [-0.3, -0.25) is 14.8 Å². The number of benzene rings is 1. The van der Waals surface area contributed by atoms with Gasteiger partial charge in [0.1, 0.15) is 11.1 Å². The van der Waals surface area contributed by atoms with E-state index in [1.165, 1.54) is 0 Å². The second-order valence-electron chi connectivity index (χ2n) is 7.84. The highest BCUT2D eigenvalue weighted by molar-refractivity contribution is 6.04. The highest BCUT2D eigenvalue weighted by atomic mass is 16.6. The fourth-order valence-corrected chi connectivity index (χ4v) is 4.27. The van der Waals surface area contributed by atoms with E-state index in [9.17, 15) is 9.59 Å². The van der Waals surface area contributed by atoms with E-state index in [-0.39, 0.29) is 18.0 Å².